The molecule has 3 aromatic heterocycles. The van der Waals surface area contributed by atoms with Crippen LogP contribution in [-0.4, -0.2) is 52.1 Å². The second kappa shape index (κ2) is 7.04. The van der Waals surface area contributed by atoms with E-state index in [1.165, 1.54) is 52.8 Å². The highest BCUT2D eigenvalue weighted by Crippen LogP contribution is 2.44. The minimum Gasteiger partial charge on any atom is -0.352 e. The summed E-state index contributed by atoms with van der Waals surface area (Å²) in [5.74, 6) is 2.91. The van der Waals surface area contributed by atoms with Gasteiger partial charge >= 0.3 is 0 Å². The Balaban J connectivity index is 1.30. The molecule has 4 heterocycles. The fourth-order valence-corrected chi connectivity index (χ4v) is 5.91. The van der Waals surface area contributed by atoms with Crippen LogP contribution in [0.4, 0.5) is 5.82 Å². The molecule has 1 saturated carbocycles. The number of anilines is 1. The van der Waals surface area contributed by atoms with Gasteiger partial charge in [0.05, 0.1) is 11.1 Å². The van der Waals surface area contributed by atoms with E-state index in [0.717, 1.165) is 36.8 Å². The molecule has 0 bridgehead atoms. The quantitative estimate of drug-likeness (QED) is 0.639. The van der Waals surface area contributed by atoms with Gasteiger partial charge in [-0.3, -0.25) is 4.79 Å². The molecule has 0 radical (unpaired) electrons. The van der Waals surface area contributed by atoms with Crippen LogP contribution in [0.1, 0.15) is 64.1 Å². The van der Waals surface area contributed by atoms with Crippen molar-refractivity contribution in [2.45, 2.75) is 51.4 Å². The van der Waals surface area contributed by atoms with E-state index in [1.807, 2.05) is 23.2 Å². The third-order valence-corrected chi connectivity index (χ3v) is 7.65. The average Bonchev–Trinajstić information content (AvgIpc) is 3.43. The first-order valence-corrected chi connectivity index (χ1v) is 11.8. The van der Waals surface area contributed by atoms with Gasteiger partial charge in [-0.2, -0.15) is 0 Å². The zero-order chi connectivity index (χ0) is 20.2. The highest BCUT2D eigenvalue weighted by molar-refractivity contribution is 7.19. The normalized spacial score (nSPS) is 19.4. The number of thiophene rings is 1. The average molecular weight is 424 g/mol. The molecule has 3 aromatic rings. The van der Waals surface area contributed by atoms with Crippen molar-refractivity contribution in [2.24, 2.45) is 0 Å². The molecule has 2 fully saturated rings. The van der Waals surface area contributed by atoms with Crippen molar-refractivity contribution in [2.75, 3.05) is 31.1 Å². The van der Waals surface area contributed by atoms with Crippen LogP contribution in [0.5, 0.6) is 0 Å². The molecule has 0 spiro atoms. The maximum atomic E-state index is 12.7. The van der Waals surface area contributed by atoms with Crippen molar-refractivity contribution < 1.29 is 9.32 Å². The van der Waals surface area contributed by atoms with Gasteiger partial charge in [0.2, 0.25) is 5.76 Å². The molecule has 1 saturated heterocycles. The number of aromatic nitrogens is 3. The van der Waals surface area contributed by atoms with E-state index >= 15 is 0 Å². The molecular formula is C22H25N5O2S. The number of fused-ring (bicyclic) bond motifs is 3. The number of nitrogens with zero attached hydrogens (tertiary/aromatic N) is 5. The van der Waals surface area contributed by atoms with E-state index < -0.39 is 0 Å². The largest absolute Gasteiger partial charge is 0.352 e. The van der Waals surface area contributed by atoms with Gasteiger partial charge in [0.1, 0.15) is 16.5 Å². The molecule has 0 unspecified atom stereocenters. The molecule has 2 aliphatic carbocycles. The highest BCUT2D eigenvalue weighted by Gasteiger charge is 2.32. The fourth-order valence-electron chi connectivity index (χ4n) is 4.65. The third kappa shape index (κ3) is 3.09. The van der Waals surface area contributed by atoms with Crippen molar-refractivity contribution in [1.82, 2.24) is 20.0 Å². The molecule has 0 N–H and O–H groups in total. The highest BCUT2D eigenvalue weighted by atomic mass is 32.1. The summed E-state index contributed by atoms with van der Waals surface area (Å²) in [7, 11) is 0. The number of carbonyl (C=O) groups excluding carboxylic acids is 1. The van der Waals surface area contributed by atoms with Crippen LogP contribution in [0.2, 0.25) is 0 Å². The Morgan fingerprint density at radius 1 is 1.13 bits per heavy atom. The molecule has 8 heteroatoms. The first kappa shape index (κ1) is 18.3. The van der Waals surface area contributed by atoms with Crippen molar-refractivity contribution >= 4 is 33.3 Å². The number of hydrogen-bond acceptors (Lipinski definition) is 7. The molecule has 7 nitrogen and oxygen atoms in total. The standard InChI is InChI=1S/C22H25N5O2S/c1-13-12-16(29-25-13)22(28)27-10-8-26(9-11-27)20-18-15-4-2-3-5-17(15)30-21(18)24-19(23-20)14-6-7-14/h12,14H,2-11H2,1H3. The number of piperazine rings is 1. The topological polar surface area (TPSA) is 75.4 Å². The molecule has 30 heavy (non-hydrogen) atoms. The monoisotopic (exact) mass is 423 g/mol. The van der Waals surface area contributed by atoms with Gasteiger partial charge in [-0.15, -0.1) is 11.3 Å². The van der Waals surface area contributed by atoms with Gasteiger partial charge in [0.25, 0.3) is 5.91 Å². The van der Waals surface area contributed by atoms with E-state index in [9.17, 15) is 4.79 Å². The number of aryl methyl sites for hydroxylation is 3. The molecule has 3 aliphatic rings. The summed E-state index contributed by atoms with van der Waals surface area (Å²) in [6.07, 6.45) is 7.25. The Hall–Kier alpha value is -2.48. The third-order valence-electron chi connectivity index (χ3n) is 6.46. The Kier molecular flexibility index (Phi) is 4.30. The van der Waals surface area contributed by atoms with Crippen LogP contribution in [0.25, 0.3) is 10.2 Å². The van der Waals surface area contributed by atoms with Crippen molar-refractivity contribution in [3.8, 4) is 0 Å². The van der Waals surface area contributed by atoms with Gasteiger partial charge in [-0.1, -0.05) is 5.16 Å². The number of carbonyl (C=O) groups is 1. The minimum absolute atomic E-state index is 0.0744. The van der Waals surface area contributed by atoms with Crippen LogP contribution in [0.15, 0.2) is 10.6 Å². The fraction of sp³-hybridized carbons (Fsp3) is 0.545. The smallest absolute Gasteiger partial charge is 0.292 e. The van der Waals surface area contributed by atoms with Gasteiger partial charge in [-0.25, -0.2) is 9.97 Å². The summed E-state index contributed by atoms with van der Waals surface area (Å²) < 4.78 is 5.18. The number of rotatable bonds is 3. The SMILES string of the molecule is Cc1cc(C(=O)N2CCN(c3nc(C4CC4)nc4sc5c(c34)CCCC5)CC2)on1. The summed E-state index contributed by atoms with van der Waals surface area (Å²) in [6, 6.07) is 1.71. The van der Waals surface area contributed by atoms with E-state index in [4.69, 9.17) is 14.5 Å². The molecule has 156 valence electrons. The maximum Gasteiger partial charge on any atom is 0.292 e. The lowest BCUT2D eigenvalue weighted by molar-refractivity contribution is 0.0704. The zero-order valence-corrected chi connectivity index (χ0v) is 18.0. The summed E-state index contributed by atoms with van der Waals surface area (Å²) in [5, 5.41) is 5.13. The van der Waals surface area contributed by atoms with E-state index in [1.54, 1.807) is 6.07 Å². The van der Waals surface area contributed by atoms with Gasteiger partial charge in [0, 0.05) is 43.0 Å². The summed E-state index contributed by atoms with van der Waals surface area (Å²) in [4.78, 5) is 29.7. The number of amides is 1. The summed E-state index contributed by atoms with van der Waals surface area (Å²) in [5.41, 5.74) is 2.21. The molecular weight excluding hydrogens is 398 g/mol. The lowest BCUT2D eigenvalue weighted by Gasteiger charge is -2.35. The second-order valence-electron chi connectivity index (χ2n) is 8.68. The predicted molar refractivity (Wildman–Crippen MR) is 115 cm³/mol. The van der Waals surface area contributed by atoms with E-state index in [-0.39, 0.29) is 5.91 Å². The van der Waals surface area contributed by atoms with Crippen molar-refractivity contribution in [3.63, 3.8) is 0 Å². The second-order valence-corrected chi connectivity index (χ2v) is 9.77. The Morgan fingerprint density at radius 3 is 2.67 bits per heavy atom. The van der Waals surface area contributed by atoms with Crippen LogP contribution in [-0.2, 0) is 12.8 Å². The lowest BCUT2D eigenvalue weighted by atomic mass is 9.97. The Labute approximate surface area is 179 Å². The minimum atomic E-state index is -0.0744. The lowest BCUT2D eigenvalue weighted by Crippen LogP contribution is -2.49. The van der Waals surface area contributed by atoms with E-state index in [2.05, 4.69) is 10.1 Å². The molecule has 0 aromatic carbocycles. The summed E-state index contributed by atoms with van der Waals surface area (Å²) >= 11 is 1.88. The molecule has 1 aliphatic heterocycles. The summed E-state index contributed by atoms with van der Waals surface area (Å²) in [6.45, 7) is 4.71. The van der Waals surface area contributed by atoms with Crippen molar-refractivity contribution in [3.05, 3.63) is 33.8 Å². The first-order valence-electron chi connectivity index (χ1n) is 11.0. The number of hydrogen-bond donors (Lipinski definition) is 0. The van der Waals surface area contributed by atoms with Crippen molar-refractivity contribution in [1.29, 1.82) is 0 Å². The van der Waals surface area contributed by atoms with Gasteiger partial charge < -0.3 is 14.3 Å². The van der Waals surface area contributed by atoms with E-state index in [0.29, 0.717) is 24.8 Å². The van der Waals surface area contributed by atoms with Crippen LogP contribution < -0.4 is 4.90 Å². The molecule has 1 amide bonds. The zero-order valence-electron chi connectivity index (χ0n) is 17.2. The Bertz CT molecular complexity index is 1120. The predicted octanol–water partition coefficient (Wildman–Crippen LogP) is 3.71. The molecule has 0 atom stereocenters. The molecule has 6 rings (SSSR count). The van der Waals surface area contributed by atoms with Crippen LogP contribution in [0, 0.1) is 6.92 Å². The maximum absolute atomic E-state index is 12.7. The van der Waals surface area contributed by atoms with Gasteiger partial charge in [-0.05, 0) is 51.0 Å². The first-order chi connectivity index (χ1) is 14.7. The van der Waals surface area contributed by atoms with Crippen LogP contribution >= 0.6 is 11.3 Å². The Morgan fingerprint density at radius 2 is 1.93 bits per heavy atom. The van der Waals surface area contributed by atoms with Crippen LogP contribution in [0.3, 0.4) is 0 Å². The van der Waals surface area contributed by atoms with Gasteiger partial charge in [0.15, 0.2) is 0 Å².